The zero-order valence-electron chi connectivity index (χ0n) is 14.8. The van der Waals surface area contributed by atoms with Crippen molar-refractivity contribution in [3.63, 3.8) is 0 Å². The quantitative estimate of drug-likeness (QED) is 0.716. The fourth-order valence-electron chi connectivity index (χ4n) is 3.47. The fraction of sp³-hybridized carbons (Fsp3) is 0.400. The topological polar surface area (TPSA) is 6.48 Å². The van der Waals surface area contributed by atoms with Crippen LogP contribution in [0.4, 0.5) is 17.1 Å². The van der Waals surface area contributed by atoms with Crippen molar-refractivity contribution in [2.45, 2.75) is 47.7 Å². The van der Waals surface area contributed by atoms with Gasteiger partial charge in [-0.2, -0.15) is 0 Å². The van der Waals surface area contributed by atoms with Gasteiger partial charge in [-0.3, -0.25) is 0 Å². The first-order valence-electron chi connectivity index (χ1n) is 8.03. The summed E-state index contributed by atoms with van der Waals surface area (Å²) >= 11 is 0. The number of nitrogens with zero attached hydrogens (tertiary/aromatic N) is 2. The van der Waals surface area contributed by atoms with E-state index < -0.39 is 0 Å². The molecule has 0 fully saturated rings. The normalized spacial score (nSPS) is 17.1. The molecule has 3 rings (SSSR count). The van der Waals surface area contributed by atoms with E-state index in [-0.39, 0.29) is 0 Å². The average molecular weight is 294 g/mol. The van der Waals surface area contributed by atoms with Gasteiger partial charge in [-0.25, -0.2) is 0 Å². The van der Waals surface area contributed by atoms with E-state index in [0.717, 1.165) is 0 Å². The molecule has 1 heterocycles. The van der Waals surface area contributed by atoms with Gasteiger partial charge in [-0.1, -0.05) is 6.07 Å². The van der Waals surface area contributed by atoms with E-state index in [9.17, 15) is 0 Å². The van der Waals surface area contributed by atoms with Gasteiger partial charge < -0.3 is 9.80 Å². The van der Waals surface area contributed by atoms with E-state index in [1.165, 1.54) is 44.9 Å². The van der Waals surface area contributed by atoms with Crippen LogP contribution in [0.5, 0.6) is 0 Å². The van der Waals surface area contributed by atoms with Crippen molar-refractivity contribution in [2.24, 2.45) is 0 Å². The molecular weight excluding hydrogens is 268 g/mol. The molecule has 116 valence electrons. The van der Waals surface area contributed by atoms with E-state index in [1.807, 2.05) is 0 Å². The van der Waals surface area contributed by atoms with Gasteiger partial charge in [0.05, 0.1) is 11.4 Å². The fourth-order valence-corrected chi connectivity index (χ4v) is 3.47. The Balaban J connectivity index is 2.22. The molecule has 0 saturated carbocycles. The van der Waals surface area contributed by atoms with Crippen molar-refractivity contribution in [2.75, 3.05) is 16.8 Å². The highest BCUT2D eigenvalue weighted by Crippen LogP contribution is 2.45. The van der Waals surface area contributed by atoms with Crippen LogP contribution in [0, 0.1) is 34.6 Å². The number of aryl methyl sites for hydroxylation is 2. The number of hydrogen-bond acceptors (Lipinski definition) is 2. The van der Waals surface area contributed by atoms with Crippen molar-refractivity contribution in [3.8, 4) is 0 Å². The van der Waals surface area contributed by atoms with Gasteiger partial charge in [0.25, 0.3) is 0 Å². The molecule has 0 radical (unpaired) electrons. The third kappa shape index (κ3) is 2.01. The Hall–Kier alpha value is -1.96. The Kier molecular flexibility index (Phi) is 3.43. The van der Waals surface area contributed by atoms with E-state index >= 15 is 0 Å². The highest BCUT2D eigenvalue weighted by atomic mass is 15.4. The van der Waals surface area contributed by atoms with Crippen LogP contribution in [-0.2, 0) is 0 Å². The Morgan fingerprint density at radius 1 is 0.773 bits per heavy atom. The van der Waals surface area contributed by atoms with Crippen LogP contribution in [0.15, 0.2) is 24.3 Å². The highest BCUT2D eigenvalue weighted by molar-refractivity contribution is 5.85. The second-order valence-corrected chi connectivity index (χ2v) is 6.69. The Labute approximate surface area is 134 Å². The van der Waals surface area contributed by atoms with Crippen LogP contribution < -0.4 is 9.80 Å². The maximum Gasteiger partial charge on any atom is 0.103 e. The molecule has 2 nitrogen and oxygen atoms in total. The van der Waals surface area contributed by atoms with Gasteiger partial charge in [0.1, 0.15) is 6.17 Å². The van der Waals surface area contributed by atoms with Crippen LogP contribution >= 0.6 is 0 Å². The summed E-state index contributed by atoms with van der Waals surface area (Å²) in [4.78, 5) is 4.84. The Bertz CT molecular complexity index is 746. The van der Waals surface area contributed by atoms with E-state index in [0.29, 0.717) is 6.17 Å². The molecule has 0 amide bonds. The third-order valence-corrected chi connectivity index (χ3v) is 5.42. The second kappa shape index (κ2) is 5.05. The molecule has 0 saturated heterocycles. The van der Waals surface area contributed by atoms with Crippen LogP contribution in [0.25, 0.3) is 0 Å². The van der Waals surface area contributed by atoms with Crippen LogP contribution in [0.3, 0.4) is 0 Å². The Morgan fingerprint density at radius 3 is 2.14 bits per heavy atom. The molecule has 0 N–H and O–H groups in total. The summed E-state index contributed by atoms with van der Waals surface area (Å²) in [5.41, 5.74) is 10.9. The summed E-state index contributed by atoms with van der Waals surface area (Å²) < 4.78 is 0. The zero-order valence-corrected chi connectivity index (χ0v) is 14.8. The predicted octanol–water partition coefficient (Wildman–Crippen LogP) is 5.16. The number of anilines is 3. The third-order valence-electron chi connectivity index (χ3n) is 5.42. The van der Waals surface area contributed by atoms with Gasteiger partial charge in [0.15, 0.2) is 0 Å². The highest BCUT2D eigenvalue weighted by Gasteiger charge is 2.32. The molecule has 22 heavy (non-hydrogen) atoms. The summed E-state index contributed by atoms with van der Waals surface area (Å²) in [6.45, 7) is 13.4. The first-order valence-corrected chi connectivity index (χ1v) is 8.03. The number of benzene rings is 2. The lowest BCUT2D eigenvalue weighted by atomic mass is 9.97. The molecule has 1 aliphatic heterocycles. The van der Waals surface area contributed by atoms with Crippen molar-refractivity contribution in [3.05, 3.63) is 52.1 Å². The van der Waals surface area contributed by atoms with E-state index in [1.54, 1.807) is 0 Å². The maximum atomic E-state index is 2.48. The van der Waals surface area contributed by atoms with Crippen molar-refractivity contribution in [1.82, 2.24) is 0 Å². The Morgan fingerprint density at radius 2 is 1.45 bits per heavy atom. The summed E-state index contributed by atoms with van der Waals surface area (Å²) in [5, 5.41) is 0. The standard InChI is InChI=1S/C20H26N2/c1-12-8-9-18-20(10-12)21(7)17(6)22(18)19-11-13(2)14(3)15(4)16(19)5/h8-11,17H,1-7H3/t17-/m1/s1. The van der Waals surface area contributed by atoms with Crippen molar-refractivity contribution in [1.29, 1.82) is 0 Å². The molecule has 2 heteroatoms. The lowest BCUT2D eigenvalue weighted by Gasteiger charge is -2.30. The summed E-state index contributed by atoms with van der Waals surface area (Å²) in [5.74, 6) is 0. The monoisotopic (exact) mass is 294 g/mol. The molecule has 0 aliphatic carbocycles. The van der Waals surface area contributed by atoms with E-state index in [4.69, 9.17) is 0 Å². The predicted molar refractivity (Wildman–Crippen MR) is 96.6 cm³/mol. The van der Waals surface area contributed by atoms with E-state index in [2.05, 4.69) is 82.7 Å². The molecular formula is C20H26N2. The number of hydrogen-bond donors (Lipinski definition) is 0. The van der Waals surface area contributed by atoms with Crippen LogP contribution in [0.1, 0.15) is 34.7 Å². The van der Waals surface area contributed by atoms with Crippen LogP contribution in [-0.4, -0.2) is 13.2 Å². The largest absolute Gasteiger partial charge is 0.353 e. The first-order chi connectivity index (χ1) is 10.3. The molecule has 2 aromatic rings. The minimum absolute atomic E-state index is 0.331. The molecule has 0 bridgehead atoms. The molecule has 2 aromatic carbocycles. The first kappa shape index (κ1) is 15.0. The minimum Gasteiger partial charge on any atom is -0.353 e. The van der Waals surface area contributed by atoms with Gasteiger partial charge in [-0.15, -0.1) is 0 Å². The lowest BCUT2D eigenvalue weighted by molar-refractivity contribution is 0.732. The maximum absolute atomic E-state index is 2.48. The smallest absolute Gasteiger partial charge is 0.103 e. The molecule has 0 unspecified atom stereocenters. The summed E-state index contributed by atoms with van der Waals surface area (Å²) in [6.07, 6.45) is 0.331. The SMILES string of the molecule is Cc1ccc2c(c1)N(C)[C@@H](C)N2c1cc(C)c(C)c(C)c1C. The van der Waals surface area contributed by atoms with Gasteiger partial charge in [-0.05, 0) is 87.6 Å². The summed E-state index contributed by atoms with van der Waals surface area (Å²) in [6, 6.07) is 9.10. The van der Waals surface area contributed by atoms with Crippen LogP contribution in [0.2, 0.25) is 0 Å². The van der Waals surface area contributed by atoms with Gasteiger partial charge >= 0.3 is 0 Å². The van der Waals surface area contributed by atoms with Gasteiger partial charge in [0.2, 0.25) is 0 Å². The van der Waals surface area contributed by atoms with Crippen molar-refractivity contribution >= 4 is 17.1 Å². The average Bonchev–Trinajstić information content (AvgIpc) is 2.73. The minimum atomic E-state index is 0.331. The number of fused-ring (bicyclic) bond motifs is 1. The van der Waals surface area contributed by atoms with Gasteiger partial charge in [0, 0.05) is 12.7 Å². The second-order valence-electron chi connectivity index (χ2n) is 6.69. The lowest BCUT2D eigenvalue weighted by Crippen LogP contribution is -2.36. The zero-order chi connectivity index (χ0) is 16.2. The van der Waals surface area contributed by atoms with Crippen molar-refractivity contribution < 1.29 is 0 Å². The molecule has 0 spiro atoms. The number of rotatable bonds is 1. The molecule has 1 atom stereocenters. The molecule has 1 aliphatic rings. The summed E-state index contributed by atoms with van der Waals surface area (Å²) in [7, 11) is 2.19. The molecule has 0 aromatic heterocycles.